The number of carbonyl (C=O) groups excluding carboxylic acids is 1. The molecule has 1 aromatic rings. The van der Waals surface area contributed by atoms with Crippen LogP contribution >= 0.6 is 0 Å². The molecule has 0 aromatic carbocycles. The molecular weight excluding hydrogens is 268 g/mol. The monoisotopic (exact) mass is 292 g/mol. The highest BCUT2D eigenvalue weighted by atomic mass is 16.3. The predicted octanol–water partition coefficient (Wildman–Crippen LogP) is 0.502. The molecule has 116 valence electrons. The van der Waals surface area contributed by atoms with E-state index in [-0.39, 0.29) is 18.1 Å². The zero-order valence-corrected chi connectivity index (χ0v) is 12.6. The van der Waals surface area contributed by atoms with Gasteiger partial charge in [0.25, 0.3) is 0 Å². The van der Waals surface area contributed by atoms with E-state index >= 15 is 0 Å². The first-order chi connectivity index (χ1) is 10.2. The minimum atomic E-state index is -0.247. The fourth-order valence-corrected chi connectivity index (χ4v) is 3.51. The quantitative estimate of drug-likeness (QED) is 0.881. The summed E-state index contributed by atoms with van der Waals surface area (Å²) >= 11 is 0. The lowest BCUT2D eigenvalue weighted by Crippen LogP contribution is -2.54. The Morgan fingerprint density at radius 3 is 2.62 bits per heavy atom. The van der Waals surface area contributed by atoms with Gasteiger partial charge in [-0.05, 0) is 32.3 Å². The van der Waals surface area contributed by atoms with Crippen LogP contribution in [0.15, 0.2) is 18.5 Å². The molecule has 6 heteroatoms. The Bertz CT molecular complexity index is 468. The van der Waals surface area contributed by atoms with Crippen molar-refractivity contribution < 1.29 is 9.90 Å². The van der Waals surface area contributed by atoms with Crippen molar-refractivity contribution in [2.45, 2.75) is 44.4 Å². The maximum absolute atomic E-state index is 12.5. The fourth-order valence-electron chi connectivity index (χ4n) is 3.51. The average Bonchev–Trinajstić information content (AvgIpc) is 3.17. The third-order valence-corrected chi connectivity index (χ3v) is 4.82. The maximum atomic E-state index is 12.5. The molecule has 3 atom stereocenters. The lowest BCUT2D eigenvalue weighted by molar-refractivity contribution is -0.136. The predicted molar refractivity (Wildman–Crippen MR) is 78.7 cm³/mol. The SMILES string of the molecule is C[C@H](C(=O)N1CCN([C@@H]2CCC[C@@H]2O)CC1)n1cccn1. The highest BCUT2D eigenvalue weighted by Gasteiger charge is 2.34. The molecule has 21 heavy (non-hydrogen) atoms. The van der Waals surface area contributed by atoms with Gasteiger partial charge in [-0.3, -0.25) is 14.4 Å². The largest absolute Gasteiger partial charge is 0.391 e. The molecule has 1 saturated heterocycles. The van der Waals surface area contributed by atoms with E-state index in [1.807, 2.05) is 24.1 Å². The van der Waals surface area contributed by atoms with E-state index in [0.29, 0.717) is 6.04 Å². The first kappa shape index (κ1) is 14.5. The molecule has 0 spiro atoms. The summed E-state index contributed by atoms with van der Waals surface area (Å²) in [5.74, 6) is 0.130. The molecule has 6 nitrogen and oxygen atoms in total. The van der Waals surface area contributed by atoms with Gasteiger partial charge in [-0.1, -0.05) is 0 Å². The third kappa shape index (κ3) is 2.96. The molecule has 0 radical (unpaired) electrons. The van der Waals surface area contributed by atoms with Gasteiger partial charge in [0.15, 0.2) is 0 Å². The number of hydrogen-bond donors (Lipinski definition) is 1. The van der Waals surface area contributed by atoms with Gasteiger partial charge in [0.1, 0.15) is 6.04 Å². The molecule has 1 N–H and O–H groups in total. The fraction of sp³-hybridized carbons (Fsp3) is 0.733. The number of aliphatic hydroxyl groups excluding tert-OH is 1. The van der Waals surface area contributed by atoms with E-state index in [0.717, 1.165) is 45.4 Å². The third-order valence-electron chi connectivity index (χ3n) is 4.82. The van der Waals surface area contributed by atoms with Crippen LogP contribution in [-0.4, -0.2) is 68.9 Å². The minimum Gasteiger partial charge on any atom is -0.391 e. The number of aliphatic hydroxyl groups is 1. The van der Waals surface area contributed by atoms with Crippen molar-refractivity contribution in [2.24, 2.45) is 0 Å². The van der Waals surface area contributed by atoms with Gasteiger partial charge in [-0.2, -0.15) is 5.10 Å². The van der Waals surface area contributed by atoms with Crippen LogP contribution in [-0.2, 0) is 4.79 Å². The van der Waals surface area contributed by atoms with Crippen LogP contribution < -0.4 is 0 Å². The smallest absolute Gasteiger partial charge is 0.247 e. The molecule has 2 fully saturated rings. The summed E-state index contributed by atoms with van der Waals surface area (Å²) in [6, 6.07) is 1.89. The molecule has 1 amide bonds. The van der Waals surface area contributed by atoms with E-state index in [1.165, 1.54) is 0 Å². The minimum absolute atomic E-state index is 0.130. The zero-order chi connectivity index (χ0) is 14.8. The molecule has 1 aliphatic carbocycles. The summed E-state index contributed by atoms with van der Waals surface area (Å²) in [6.45, 7) is 5.10. The van der Waals surface area contributed by atoms with Gasteiger partial charge in [0, 0.05) is 44.6 Å². The van der Waals surface area contributed by atoms with Crippen molar-refractivity contribution in [1.29, 1.82) is 0 Å². The molecule has 1 aromatic heterocycles. The average molecular weight is 292 g/mol. The van der Waals surface area contributed by atoms with Crippen LogP contribution in [0.4, 0.5) is 0 Å². The van der Waals surface area contributed by atoms with Crippen molar-refractivity contribution in [2.75, 3.05) is 26.2 Å². The van der Waals surface area contributed by atoms with Gasteiger partial charge < -0.3 is 10.0 Å². The zero-order valence-electron chi connectivity index (χ0n) is 12.6. The van der Waals surface area contributed by atoms with Gasteiger partial charge in [0.05, 0.1) is 6.10 Å². The Hall–Kier alpha value is -1.40. The Labute approximate surface area is 125 Å². The van der Waals surface area contributed by atoms with E-state index in [9.17, 15) is 9.90 Å². The van der Waals surface area contributed by atoms with Crippen molar-refractivity contribution in [3.8, 4) is 0 Å². The Kier molecular flexibility index (Phi) is 4.26. The molecule has 1 aliphatic heterocycles. The molecule has 3 rings (SSSR count). The normalized spacial score (nSPS) is 28.8. The lowest BCUT2D eigenvalue weighted by Gasteiger charge is -2.39. The van der Waals surface area contributed by atoms with Crippen LogP contribution in [0, 0.1) is 0 Å². The highest BCUT2D eigenvalue weighted by molar-refractivity contribution is 5.80. The highest BCUT2D eigenvalue weighted by Crippen LogP contribution is 2.25. The summed E-state index contributed by atoms with van der Waals surface area (Å²) in [7, 11) is 0. The van der Waals surface area contributed by atoms with Crippen molar-refractivity contribution >= 4 is 5.91 Å². The number of carbonyl (C=O) groups is 1. The number of amides is 1. The second-order valence-electron chi connectivity index (χ2n) is 6.09. The molecule has 2 aliphatic rings. The van der Waals surface area contributed by atoms with Crippen molar-refractivity contribution in [1.82, 2.24) is 19.6 Å². The molecular formula is C15H24N4O2. The van der Waals surface area contributed by atoms with Crippen molar-refractivity contribution in [3.05, 3.63) is 18.5 Å². The van der Waals surface area contributed by atoms with Gasteiger partial charge >= 0.3 is 0 Å². The number of aromatic nitrogens is 2. The van der Waals surface area contributed by atoms with E-state index in [4.69, 9.17) is 0 Å². The standard InChI is InChI=1S/C15H24N4O2/c1-12(19-7-3-6-16-19)15(21)18-10-8-17(9-11-18)13-4-2-5-14(13)20/h3,6-7,12-14,20H,2,4-5,8-11H2,1H3/t12-,13-,14+/m1/s1. The van der Waals surface area contributed by atoms with Crippen molar-refractivity contribution in [3.63, 3.8) is 0 Å². The van der Waals surface area contributed by atoms with E-state index in [2.05, 4.69) is 10.00 Å². The van der Waals surface area contributed by atoms with Crippen LogP contribution in [0.2, 0.25) is 0 Å². The summed E-state index contributed by atoms with van der Waals surface area (Å²) in [6.07, 6.45) is 6.45. The second-order valence-corrected chi connectivity index (χ2v) is 6.09. The molecule has 0 unspecified atom stereocenters. The number of nitrogens with zero attached hydrogens (tertiary/aromatic N) is 4. The molecule has 0 bridgehead atoms. The lowest BCUT2D eigenvalue weighted by atomic mass is 10.1. The Morgan fingerprint density at radius 1 is 1.29 bits per heavy atom. The Balaban J connectivity index is 1.54. The van der Waals surface area contributed by atoms with Gasteiger partial charge in [-0.15, -0.1) is 0 Å². The second kappa shape index (κ2) is 6.15. The van der Waals surface area contributed by atoms with Crippen LogP contribution in [0.25, 0.3) is 0 Å². The number of rotatable bonds is 3. The molecule has 2 heterocycles. The maximum Gasteiger partial charge on any atom is 0.247 e. The van der Waals surface area contributed by atoms with Crippen LogP contribution in [0.3, 0.4) is 0 Å². The summed E-state index contributed by atoms with van der Waals surface area (Å²) < 4.78 is 1.70. The number of piperazine rings is 1. The summed E-state index contributed by atoms with van der Waals surface area (Å²) in [5.41, 5.74) is 0. The van der Waals surface area contributed by atoms with E-state index < -0.39 is 0 Å². The summed E-state index contributed by atoms with van der Waals surface area (Å²) in [4.78, 5) is 16.8. The first-order valence-corrected chi connectivity index (χ1v) is 7.87. The van der Waals surface area contributed by atoms with Crippen LogP contribution in [0.5, 0.6) is 0 Å². The summed E-state index contributed by atoms with van der Waals surface area (Å²) in [5, 5.41) is 14.1. The first-order valence-electron chi connectivity index (χ1n) is 7.87. The molecule has 1 saturated carbocycles. The number of hydrogen-bond acceptors (Lipinski definition) is 4. The Morgan fingerprint density at radius 2 is 2.05 bits per heavy atom. The van der Waals surface area contributed by atoms with Gasteiger partial charge in [0.2, 0.25) is 5.91 Å². The topological polar surface area (TPSA) is 61.6 Å². The van der Waals surface area contributed by atoms with Gasteiger partial charge in [-0.25, -0.2) is 0 Å². The van der Waals surface area contributed by atoms with Crippen LogP contribution in [0.1, 0.15) is 32.2 Å². The van der Waals surface area contributed by atoms with E-state index in [1.54, 1.807) is 10.9 Å².